The van der Waals surface area contributed by atoms with Crippen molar-refractivity contribution < 1.29 is 14.3 Å². The van der Waals surface area contributed by atoms with Crippen LogP contribution >= 0.6 is 0 Å². The molecule has 0 aliphatic carbocycles. The van der Waals surface area contributed by atoms with Gasteiger partial charge in [0.05, 0.1) is 11.6 Å². The second-order valence-electron chi connectivity index (χ2n) is 5.86. The zero-order valence-corrected chi connectivity index (χ0v) is 14.9. The molecule has 0 amide bonds. The molecule has 140 valence electrons. The summed E-state index contributed by atoms with van der Waals surface area (Å²) < 4.78 is 6.65. The Hall–Kier alpha value is -3.67. The Balaban J connectivity index is 1.99. The van der Waals surface area contributed by atoms with Crippen molar-refractivity contribution in [1.82, 2.24) is 9.13 Å². The lowest BCUT2D eigenvalue weighted by atomic mass is 10.1. The van der Waals surface area contributed by atoms with Crippen LogP contribution in [0.1, 0.15) is 27.9 Å². The Morgan fingerprint density at radius 1 is 1.15 bits per heavy atom. The zero-order chi connectivity index (χ0) is 20.1. The van der Waals surface area contributed by atoms with Crippen LogP contribution in [-0.4, -0.2) is 27.5 Å². The summed E-state index contributed by atoms with van der Waals surface area (Å²) in [5, 5.41) is 8.74. The monoisotopic (exact) mass is 370 g/mol. The fourth-order valence-corrected chi connectivity index (χ4v) is 2.40. The van der Waals surface area contributed by atoms with E-state index in [2.05, 4.69) is 0 Å². The number of rotatable bonds is 6. The highest BCUT2D eigenvalue weighted by atomic mass is 16.5. The third-order valence-corrected chi connectivity index (χ3v) is 4.05. The van der Waals surface area contributed by atoms with E-state index in [1.54, 1.807) is 24.3 Å². The van der Waals surface area contributed by atoms with Crippen LogP contribution in [-0.2, 0) is 30.0 Å². The highest BCUT2D eigenvalue weighted by Gasteiger charge is 2.21. The number of hydrogen-bond acceptors (Lipinski definition) is 7. The van der Waals surface area contributed by atoms with Crippen molar-refractivity contribution >= 4 is 17.6 Å². The number of carbonyl (C=O) groups excluding carboxylic acids is 2. The highest BCUT2D eigenvalue weighted by molar-refractivity contribution is 6.01. The number of aryl methyl sites for hydroxylation is 1. The van der Waals surface area contributed by atoms with Crippen molar-refractivity contribution in [2.24, 2.45) is 14.1 Å². The molecule has 0 saturated carbocycles. The molecule has 0 atom stereocenters. The molecular weight excluding hydrogens is 352 g/mol. The number of anilines is 1. The quantitative estimate of drug-likeness (QED) is 0.553. The number of carbonyl (C=O) groups is 2. The summed E-state index contributed by atoms with van der Waals surface area (Å²) in [6.45, 7) is -0.649. The lowest BCUT2D eigenvalue weighted by molar-refractivity contribution is -0.142. The van der Waals surface area contributed by atoms with Gasteiger partial charge in [0.2, 0.25) is 5.78 Å². The molecule has 27 heavy (non-hydrogen) atoms. The van der Waals surface area contributed by atoms with Gasteiger partial charge < -0.3 is 10.5 Å². The van der Waals surface area contributed by atoms with E-state index >= 15 is 0 Å². The molecule has 0 fully saturated rings. The SMILES string of the molecule is Cn1c(N)c(C(=O)COC(=O)CCc2ccc(C#N)cc2)c(=O)n(C)c1=O. The molecule has 0 saturated heterocycles. The predicted molar refractivity (Wildman–Crippen MR) is 96.1 cm³/mol. The minimum absolute atomic E-state index is 0.0277. The minimum atomic E-state index is -0.839. The first kappa shape index (κ1) is 19.7. The fraction of sp³-hybridized carbons (Fsp3) is 0.278. The Kier molecular flexibility index (Phi) is 5.92. The number of Topliss-reactive ketones (excluding diaryl/α,β-unsaturated/α-hetero) is 1. The molecule has 2 rings (SSSR count). The van der Waals surface area contributed by atoms with E-state index in [9.17, 15) is 19.2 Å². The number of hydrogen-bond donors (Lipinski definition) is 1. The molecule has 0 bridgehead atoms. The summed E-state index contributed by atoms with van der Waals surface area (Å²) in [5.41, 5.74) is 5.16. The molecule has 2 N–H and O–H groups in total. The summed E-state index contributed by atoms with van der Waals surface area (Å²) in [7, 11) is 2.56. The molecule has 1 aromatic carbocycles. The zero-order valence-electron chi connectivity index (χ0n) is 14.9. The van der Waals surface area contributed by atoms with Crippen molar-refractivity contribution in [3.63, 3.8) is 0 Å². The number of ether oxygens (including phenoxy) is 1. The molecule has 0 unspecified atom stereocenters. The molecule has 0 aliphatic rings. The Morgan fingerprint density at radius 2 is 1.78 bits per heavy atom. The average Bonchev–Trinajstić information content (AvgIpc) is 2.68. The van der Waals surface area contributed by atoms with Crippen LogP contribution in [0.3, 0.4) is 0 Å². The van der Waals surface area contributed by atoms with Gasteiger partial charge >= 0.3 is 11.7 Å². The molecule has 2 aromatic rings. The number of nitrogen functional groups attached to an aromatic ring is 1. The standard InChI is InChI=1S/C18H18N4O5/c1-21-16(20)15(17(25)22(2)18(21)26)13(23)10-27-14(24)8-7-11-3-5-12(9-19)6-4-11/h3-6H,7-8,10,20H2,1-2H3. The van der Waals surface area contributed by atoms with E-state index in [1.807, 2.05) is 6.07 Å². The summed E-state index contributed by atoms with van der Waals surface area (Å²) in [6.07, 6.45) is 0.405. The maximum atomic E-state index is 12.2. The van der Waals surface area contributed by atoms with Crippen molar-refractivity contribution in [1.29, 1.82) is 5.26 Å². The number of aromatic nitrogens is 2. The lowest BCUT2D eigenvalue weighted by Crippen LogP contribution is -2.42. The van der Waals surface area contributed by atoms with Gasteiger partial charge in [-0.15, -0.1) is 0 Å². The van der Waals surface area contributed by atoms with Crippen molar-refractivity contribution in [3.05, 3.63) is 61.8 Å². The topological polar surface area (TPSA) is 137 Å². The summed E-state index contributed by atoms with van der Waals surface area (Å²) in [5.74, 6) is -1.68. The third-order valence-electron chi connectivity index (χ3n) is 4.05. The maximum absolute atomic E-state index is 12.2. The predicted octanol–water partition coefficient (Wildman–Crippen LogP) is -0.103. The number of nitrogens with zero attached hydrogens (tertiary/aromatic N) is 3. The largest absolute Gasteiger partial charge is 0.457 e. The Morgan fingerprint density at radius 3 is 2.37 bits per heavy atom. The molecular formula is C18H18N4O5. The van der Waals surface area contributed by atoms with Gasteiger partial charge in [0.15, 0.2) is 6.61 Å². The van der Waals surface area contributed by atoms with Gasteiger partial charge in [-0.1, -0.05) is 12.1 Å². The molecule has 9 nitrogen and oxygen atoms in total. The van der Waals surface area contributed by atoms with Gasteiger partial charge in [-0.3, -0.25) is 23.5 Å². The van der Waals surface area contributed by atoms with Crippen LogP contribution < -0.4 is 17.0 Å². The van der Waals surface area contributed by atoms with Gasteiger partial charge in [0.1, 0.15) is 11.4 Å². The second kappa shape index (κ2) is 8.14. The normalized spacial score (nSPS) is 10.3. The smallest absolute Gasteiger partial charge is 0.332 e. The fourth-order valence-electron chi connectivity index (χ4n) is 2.40. The number of benzene rings is 1. The summed E-state index contributed by atoms with van der Waals surface area (Å²) in [6, 6.07) is 8.74. The molecule has 0 radical (unpaired) electrons. The van der Waals surface area contributed by atoms with Crippen molar-refractivity contribution in [3.8, 4) is 6.07 Å². The van der Waals surface area contributed by atoms with E-state index in [-0.39, 0.29) is 17.8 Å². The maximum Gasteiger partial charge on any atom is 0.332 e. The Labute approximate surface area is 154 Å². The summed E-state index contributed by atoms with van der Waals surface area (Å²) >= 11 is 0. The van der Waals surface area contributed by atoms with Gasteiger partial charge in [0.25, 0.3) is 5.56 Å². The summed E-state index contributed by atoms with van der Waals surface area (Å²) in [4.78, 5) is 47.9. The second-order valence-corrected chi connectivity index (χ2v) is 5.86. The van der Waals surface area contributed by atoms with Gasteiger partial charge in [-0.2, -0.15) is 5.26 Å². The molecule has 0 spiro atoms. The number of nitriles is 1. The van der Waals surface area contributed by atoms with Crippen molar-refractivity contribution in [2.75, 3.05) is 12.3 Å². The number of ketones is 1. The van der Waals surface area contributed by atoms with Gasteiger partial charge in [0, 0.05) is 20.5 Å². The van der Waals surface area contributed by atoms with E-state index < -0.39 is 29.6 Å². The molecule has 9 heteroatoms. The minimum Gasteiger partial charge on any atom is -0.457 e. The Bertz CT molecular complexity index is 1040. The molecule has 1 heterocycles. The van der Waals surface area contributed by atoms with E-state index in [1.165, 1.54) is 14.1 Å². The van der Waals surface area contributed by atoms with Crippen LogP contribution in [0, 0.1) is 11.3 Å². The first-order valence-corrected chi connectivity index (χ1v) is 7.99. The number of nitrogens with two attached hydrogens (primary N) is 1. The van der Waals surface area contributed by atoms with Crippen LogP contribution in [0.5, 0.6) is 0 Å². The first-order chi connectivity index (χ1) is 12.8. The van der Waals surface area contributed by atoms with Crippen LogP contribution in [0.15, 0.2) is 33.9 Å². The van der Waals surface area contributed by atoms with E-state index in [0.29, 0.717) is 12.0 Å². The van der Waals surface area contributed by atoms with Gasteiger partial charge in [-0.25, -0.2) is 4.79 Å². The highest BCUT2D eigenvalue weighted by Crippen LogP contribution is 2.08. The molecule has 0 aliphatic heterocycles. The average molecular weight is 370 g/mol. The lowest BCUT2D eigenvalue weighted by Gasteiger charge is -2.11. The first-order valence-electron chi connectivity index (χ1n) is 7.99. The third kappa shape index (κ3) is 4.30. The van der Waals surface area contributed by atoms with Crippen LogP contribution in [0.25, 0.3) is 0 Å². The van der Waals surface area contributed by atoms with Crippen molar-refractivity contribution in [2.45, 2.75) is 12.8 Å². The molecule has 1 aromatic heterocycles. The van der Waals surface area contributed by atoms with E-state index in [4.69, 9.17) is 15.7 Å². The van der Waals surface area contributed by atoms with Crippen LogP contribution in [0.2, 0.25) is 0 Å². The number of esters is 1. The van der Waals surface area contributed by atoms with Gasteiger partial charge in [-0.05, 0) is 24.1 Å². The van der Waals surface area contributed by atoms with Crippen LogP contribution in [0.4, 0.5) is 5.82 Å². The van der Waals surface area contributed by atoms with E-state index in [0.717, 1.165) is 14.7 Å².